The molecule has 3 N–H and O–H groups in total. The van der Waals surface area contributed by atoms with Gasteiger partial charge in [-0.1, -0.05) is 0 Å². The number of primary amides is 1. The van der Waals surface area contributed by atoms with Crippen molar-refractivity contribution in [3.05, 3.63) is 0 Å². The Morgan fingerprint density at radius 1 is 1.44 bits per heavy atom. The number of carbonyl (C=O) groups is 1. The second-order valence-electron chi connectivity index (χ2n) is 5.40. The first kappa shape index (κ1) is 17.4. The van der Waals surface area contributed by atoms with Gasteiger partial charge >= 0.3 is 0 Å². The molecule has 0 aromatic carbocycles. The predicted molar refractivity (Wildman–Crippen MR) is 74.5 cm³/mol. The summed E-state index contributed by atoms with van der Waals surface area (Å²) in [5.74, 6) is -0.290. The maximum Gasteiger partial charge on any atom is 0.237 e. The van der Waals surface area contributed by atoms with Crippen molar-refractivity contribution >= 4 is 5.91 Å². The van der Waals surface area contributed by atoms with E-state index in [9.17, 15) is 4.79 Å². The van der Waals surface area contributed by atoms with Crippen LogP contribution in [0.1, 0.15) is 33.6 Å². The van der Waals surface area contributed by atoms with Gasteiger partial charge in [0.2, 0.25) is 5.91 Å². The second-order valence-corrected chi connectivity index (χ2v) is 5.40. The second kappa shape index (κ2) is 8.45. The summed E-state index contributed by atoms with van der Waals surface area (Å²) < 4.78 is 5.02. The van der Waals surface area contributed by atoms with Crippen molar-refractivity contribution in [2.24, 2.45) is 5.73 Å². The van der Waals surface area contributed by atoms with E-state index in [4.69, 9.17) is 10.5 Å². The van der Waals surface area contributed by atoms with E-state index in [1.807, 2.05) is 27.8 Å². The molecule has 0 aromatic rings. The van der Waals surface area contributed by atoms with Crippen molar-refractivity contribution in [2.45, 2.75) is 45.2 Å². The van der Waals surface area contributed by atoms with Gasteiger partial charge < -0.3 is 20.7 Å². The Labute approximate surface area is 111 Å². The third-order valence-corrected chi connectivity index (χ3v) is 3.03. The van der Waals surface area contributed by atoms with Gasteiger partial charge in [-0.3, -0.25) is 4.79 Å². The molecule has 0 saturated carbocycles. The molecule has 0 rings (SSSR count). The average molecular weight is 259 g/mol. The van der Waals surface area contributed by atoms with E-state index in [0.717, 1.165) is 26.1 Å². The summed E-state index contributed by atoms with van der Waals surface area (Å²) in [4.78, 5) is 13.7. The molecule has 1 amide bonds. The Bertz CT molecular complexity index is 246. The van der Waals surface area contributed by atoms with Gasteiger partial charge in [0.1, 0.15) is 0 Å². The fraction of sp³-hybridized carbons (Fsp3) is 0.923. The number of nitrogens with one attached hydrogen (secondary N) is 1. The molecule has 0 aromatic heterocycles. The van der Waals surface area contributed by atoms with E-state index >= 15 is 0 Å². The van der Waals surface area contributed by atoms with Gasteiger partial charge in [0.15, 0.2) is 0 Å². The zero-order valence-corrected chi connectivity index (χ0v) is 12.5. The molecule has 5 heteroatoms. The van der Waals surface area contributed by atoms with Crippen molar-refractivity contribution < 1.29 is 9.53 Å². The molecule has 0 bridgehead atoms. The normalized spacial score (nSPS) is 15.1. The predicted octanol–water partition coefficient (Wildman–Crippen LogP) is 0.587. The molecule has 1 atom stereocenters. The Balaban J connectivity index is 4.14. The van der Waals surface area contributed by atoms with E-state index < -0.39 is 5.54 Å². The lowest BCUT2D eigenvalue weighted by Crippen LogP contribution is -2.56. The van der Waals surface area contributed by atoms with Crippen LogP contribution in [0.5, 0.6) is 0 Å². The van der Waals surface area contributed by atoms with Gasteiger partial charge in [-0.2, -0.15) is 0 Å². The summed E-state index contributed by atoms with van der Waals surface area (Å²) >= 11 is 0. The number of amides is 1. The maximum atomic E-state index is 11.6. The summed E-state index contributed by atoms with van der Waals surface area (Å²) in [6.45, 7) is 8.47. The number of nitrogens with two attached hydrogens (primary N) is 1. The molecule has 18 heavy (non-hydrogen) atoms. The van der Waals surface area contributed by atoms with Crippen LogP contribution in [-0.4, -0.2) is 56.2 Å². The van der Waals surface area contributed by atoms with E-state index in [2.05, 4.69) is 10.2 Å². The topological polar surface area (TPSA) is 67.6 Å². The Kier molecular flexibility index (Phi) is 8.15. The van der Waals surface area contributed by atoms with Crippen LogP contribution in [0.25, 0.3) is 0 Å². The van der Waals surface area contributed by atoms with Crippen LogP contribution in [0.3, 0.4) is 0 Å². The van der Waals surface area contributed by atoms with Crippen LogP contribution in [0.15, 0.2) is 0 Å². The summed E-state index contributed by atoms with van der Waals surface area (Å²) in [6, 6.07) is 0.237. The van der Waals surface area contributed by atoms with Crippen LogP contribution in [-0.2, 0) is 9.53 Å². The fourth-order valence-corrected chi connectivity index (χ4v) is 1.91. The Morgan fingerprint density at radius 3 is 2.50 bits per heavy atom. The van der Waals surface area contributed by atoms with Crippen molar-refractivity contribution in [1.82, 2.24) is 10.2 Å². The number of hydrogen-bond donors (Lipinski definition) is 2. The summed E-state index contributed by atoms with van der Waals surface area (Å²) in [5, 5.41) is 3.25. The Morgan fingerprint density at radius 2 is 2.06 bits per heavy atom. The van der Waals surface area contributed by atoms with Crippen LogP contribution in [0.4, 0.5) is 0 Å². The minimum Gasteiger partial charge on any atom is -0.385 e. The lowest BCUT2D eigenvalue weighted by atomic mass is 9.95. The highest BCUT2D eigenvalue weighted by Gasteiger charge is 2.31. The molecule has 0 radical (unpaired) electrons. The monoisotopic (exact) mass is 259 g/mol. The zero-order valence-electron chi connectivity index (χ0n) is 12.5. The molecule has 5 nitrogen and oxygen atoms in total. The van der Waals surface area contributed by atoms with Crippen LogP contribution in [0.2, 0.25) is 0 Å². The maximum absolute atomic E-state index is 11.6. The molecule has 0 heterocycles. The minimum atomic E-state index is -0.635. The highest BCUT2D eigenvalue weighted by molar-refractivity contribution is 5.84. The highest BCUT2D eigenvalue weighted by Crippen LogP contribution is 2.11. The molecule has 0 fully saturated rings. The average Bonchev–Trinajstić information content (AvgIpc) is 2.25. The van der Waals surface area contributed by atoms with Gasteiger partial charge in [0.05, 0.1) is 5.54 Å². The molecular formula is C13H29N3O2. The van der Waals surface area contributed by atoms with Crippen molar-refractivity contribution in [2.75, 3.05) is 33.9 Å². The van der Waals surface area contributed by atoms with Crippen molar-refractivity contribution in [1.29, 1.82) is 0 Å². The molecule has 108 valence electrons. The van der Waals surface area contributed by atoms with Gasteiger partial charge in [0.25, 0.3) is 0 Å². The first-order chi connectivity index (χ1) is 8.31. The van der Waals surface area contributed by atoms with E-state index in [1.165, 1.54) is 0 Å². The number of carbonyl (C=O) groups excluding carboxylic acids is 1. The number of nitrogens with zero attached hydrogens (tertiary/aromatic N) is 1. The molecule has 1 unspecified atom stereocenters. The third-order valence-electron chi connectivity index (χ3n) is 3.03. The summed E-state index contributed by atoms with van der Waals surface area (Å²) in [5.41, 5.74) is 4.85. The fourth-order valence-electron chi connectivity index (χ4n) is 1.91. The minimum absolute atomic E-state index is 0.237. The van der Waals surface area contributed by atoms with E-state index in [1.54, 1.807) is 7.11 Å². The largest absolute Gasteiger partial charge is 0.385 e. The first-order valence-corrected chi connectivity index (χ1v) is 6.57. The standard InChI is InChI=1S/C13H29N3O2/c1-11(2)15-13(3,12(14)17)7-9-16(4)8-6-10-18-5/h11,15H,6-10H2,1-5H3,(H2,14,17). The van der Waals surface area contributed by atoms with Crippen LogP contribution in [0, 0.1) is 0 Å². The molecule has 0 spiro atoms. The van der Waals surface area contributed by atoms with E-state index in [-0.39, 0.29) is 11.9 Å². The molecule has 0 aliphatic carbocycles. The summed E-state index contributed by atoms with van der Waals surface area (Å²) in [7, 11) is 3.75. The SMILES string of the molecule is COCCCN(C)CCC(C)(NC(C)C)C(N)=O. The molecule has 0 aliphatic heterocycles. The third kappa shape index (κ3) is 6.93. The van der Waals surface area contributed by atoms with Gasteiger partial charge in [0, 0.05) is 32.8 Å². The van der Waals surface area contributed by atoms with Gasteiger partial charge in [-0.25, -0.2) is 0 Å². The number of methoxy groups -OCH3 is 1. The molecule has 0 saturated heterocycles. The summed E-state index contributed by atoms with van der Waals surface area (Å²) in [6.07, 6.45) is 1.71. The van der Waals surface area contributed by atoms with Gasteiger partial charge in [-0.15, -0.1) is 0 Å². The lowest BCUT2D eigenvalue weighted by Gasteiger charge is -2.31. The van der Waals surface area contributed by atoms with Crippen LogP contribution >= 0.6 is 0 Å². The van der Waals surface area contributed by atoms with E-state index in [0.29, 0.717) is 6.42 Å². The number of rotatable bonds is 10. The first-order valence-electron chi connectivity index (χ1n) is 6.57. The molecule has 0 aliphatic rings. The molecular weight excluding hydrogens is 230 g/mol. The van der Waals surface area contributed by atoms with Crippen molar-refractivity contribution in [3.63, 3.8) is 0 Å². The number of ether oxygens (including phenoxy) is 1. The Hall–Kier alpha value is -0.650. The lowest BCUT2D eigenvalue weighted by molar-refractivity contribution is -0.124. The quantitative estimate of drug-likeness (QED) is 0.563. The number of hydrogen-bond acceptors (Lipinski definition) is 4. The zero-order chi connectivity index (χ0) is 14.2. The highest BCUT2D eigenvalue weighted by atomic mass is 16.5. The van der Waals surface area contributed by atoms with Crippen LogP contribution < -0.4 is 11.1 Å². The van der Waals surface area contributed by atoms with Crippen molar-refractivity contribution in [3.8, 4) is 0 Å². The van der Waals surface area contributed by atoms with Gasteiger partial charge in [-0.05, 0) is 40.7 Å². The smallest absolute Gasteiger partial charge is 0.237 e.